The smallest absolute Gasteiger partial charge is 0.846 e. The van der Waals surface area contributed by atoms with Crippen molar-refractivity contribution in [1.29, 1.82) is 0 Å². The number of aromatic nitrogens is 6. The van der Waals surface area contributed by atoms with Crippen molar-refractivity contribution in [3.05, 3.63) is 41.9 Å². The average Bonchev–Trinajstić information content (AvgIpc) is 2.33. The van der Waals surface area contributed by atoms with Crippen LogP contribution in [0, 0.1) is 0 Å². The molecule has 2 aromatic rings. The van der Waals surface area contributed by atoms with E-state index in [4.69, 9.17) is 23.6 Å². The average molecular weight is 467 g/mol. The van der Waals surface area contributed by atoms with Crippen LogP contribution in [0.4, 0.5) is 0 Å². The van der Waals surface area contributed by atoms with E-state index in [1.165, 1.54) is 0 Å². The summed E-state index contributed by atoms with van der Waals surface area (Å²) in [7, 11) is 0. The first-order valence-corrected chi connectivity index (χ1v) is 5.03. The third-order valence-electron chi connectivity index (χ3n) is 1.51. The fraction of sp³-hybridized carbons (Fsp3) is 0.400. The predicted molar refractivity (Wildman–Crippen MR) is 86.6 cm³/mol. The number of halogens is 2. The van der Waals surface area contributed by atoms with Crippen LogP contribution in [0.2, 0.25) is 0 Å². The van der Waals surface area contributed by atoms with Gasteiger partial charge in [0.25, 0.3) is 0 Å². The standard InChI is InChI=1S/C3HCl2N3O3.C3H3N3O3.4CH4.2K/c4-7-1(9)6-2(10)8(5)3(7)11;7-1-4-2(8)6-3(9)5-1;;;;;;/h(H,6,9,10);(H3,4,5,6,7,8,9);4*1H4;;/q;;;;;;2*+1/p-2. The van der Waals surface area contributed by atoms with Gasteiger partial charge in [0.1, 0.15) is 0 Å². The number of nitrogens with zero attached hydrogens (tertiary/aromatic N) is 4. The molecule has 0 amide bonds. The molecule has 2 N–H and O–H groups in total. The Morgan fingerprint density at radius 1 is 0.808 bits per heavy atom. The van der Waals surface area contributed by atoms with Gasteiger partial charge in [-0.05, 0) is 0 Å². The van der Waals surface area contributed by atoms with Gasteiger partial charge in [-0.2, -0.15) is 14.1 Å². The Labute approximate surface area is 244 Å². The van der Waals surface area contributed by atoms with E-state index in [2.05, 4.69) is 9.97 Å². The molecule has 140 valence electrons. The molecule has 16 heteroatoms. The number of rotatable bonds is 0. The Balaban J connectivity index is -0.0000000631. The molecule has 0 unspecified atom stereocenters. The summed E-state index contributed by atoms with van der Waals surface area (Å²) in [6, 6.07) is -2.07. The molecule has 0 aliphatic rings. The number of hydrogen-bond acceptors (Lipinski definition) is 8. The van der Waals surface area contributed by atoms with Gasteiger partial charge in [-0.15, -0.1) is 4.09 Å². The Hall–Kier alpha value is 0.673. The normalized spacial score (nSPS) is 7.46. The first-order valence-electron chi connectivity index (χ1n) is 4.35. The summed E-state index contributed by atoms with van der Waals surface area (Å²) in [5.74, 6) is 0. The van der Waals surface area contributed by atoms with Gasteiger partial charge in [0.05, 0.1) is 12.0 Å². The van der Waals surface area contributed by atoms with Crippen molar-refractivity contribution in [2.45, 2.75) is 29.7 Å². The van der Waals surface area contributed by atoms with Crippen molar-refractivity contribution in [3.63, 3.8) is 0 Å². The monoisotopic (exact) mass is 466 g/mol. The molecule has 0 spiro atoms. The number of aromatic amines is 2. The van der Waals surface area contributed by atoms with Crippen molar-refractivity contribution in [2.24, 2.45) is 0 Å². The molecule has 2 heterocycles. The molecule has 0 atom stereocenters. The number of hydrogen-bond donors (Lipinski definition) is 2. The third kappa shape index (κ3) is 13.0. The minimum Gasteiger partial charge on any atom is -0.846 e. The molecule has 12 nitrogen and oxygen atoms in total. The quantitative estimate of drug-likeness (QED) is 0.358. The molecule has 0 fully saturated rings. The molecule has 0 saturated carbocycles. The van der Waals surface area contributed by atoms with Crippen molar-refractivity contribution in [2.75, 3.05) is 0 Å². The topological polar surface area (TPSA) is 182 Å². The summed E-state index contributed by atoms with van der Waals surface area (Å²) in [4.78, 5) is 50.4. The van der Waals surface area contributed by atoms with Gasteiger partial charge in [0, 0.05) is 23.6 Å². The largest absolute Gasteiger partial charge is 1.00 e. The van der Waals surface area contributed by atoms with Crippen LogP contribution < -0.4 is 136 Å². The summed E-state index contributed by atoms with van der Waals surface area (Å²) in [5.41, 5.74) is -4.03. The van der Waals surface area contributed by atoms with Gasteiger partial charge in [0.2, 0.25) is 0 Å². The molecule has 26 heavy (non-hydrogen) atoms. The zero-order chi connectivity index (χ0) is 15.4. The van der Waals surface area contributed by atoms with E-state index in [1.54, 1.807) is 9.97 Å². The van der Waals surface area contributed by atoms with E-state index in [0.717, 1.165) is 0 Å². The Bertz CT molecular complexity index is 836. The fourth-order valence-electron chi connectivity index (χ4n) is 0.784. The second-order valence-corrected chi connectivity index (χ2v) is 3.50. The van der Waals surface area contributed by atoms with Gasteiger partial charge in [0.15, 0.2) is 0 Å². The predicted octanol–water partition coefficient (Wildman–Crippen LogP) is -7.43. The van der Waals surface area contributed by atoms with Crippen LogP contribution in [-0.4, -0.2) is 28.1 Å². The molecule has 2 aromatic heterocycles. The molecule has 0 aliphatic carbocycles. The molecular weight excluding hydrogens is 449 g/mol. The van der Waals surface area contributed by atoms with Crippen LogP contribution in [0.3, 0.4) is 0 Å². The van der Waals surface area contributed by atoms with E-state index in [0.29, 0.717) is 0 Å². The minimum atomic E-state index is -1.14. The van der Waals surface area contributed by atoms with Crippen LogP contribution in [0.25, 0.3) is 0 Å². The van der Waals surface area contributed by atoms with E-state index < -0.39 is 34.8 Å². The summed E-state index contributed by atoms with van der Waals surface area (Å²) >= 11 is 10.1. The molecule has 2 rings (SSSR count). The second kappa shape index (κ2) is 19.0. The van der Waals surface area contributed by atoms with Crippen molar-refractivity contribution in [3.8, 4) is 12.0 Å². The minimum absolute atomic E-state index is 0. The molecule has 0 saturated heterocycles. The summed E-state index contributed by atoms with van der Waals surface area (Å²) in [6.45, 7) is 0. The first kappa shape index (κ1) is 41.1. The summed E-state index contributed by atoms with van der Waals surface area (Å²) in [5, 5.41) is 20.6. The van der Waals surface area contributed by atoms with Crippen LogP contribution in [0.1, 0.15) is 29.7 Å². The molecule has 0 aliphatic heterocycles. The van der Waals surface area contributed by atoms with Crippen LogP contribution >= 0.6 is 23.6 Å². The molecule has 0 bridgehead atoms. The van der Waals surface area contributed by atoms with Crippen molar-refractivity contribution >= 4 is 23.6 Å². The Kier molecular flexibility index (Phi) is 30.1. The van der Waals surface area contributed by atoms with E-state index >= 15 is 0 Å². The Morgan fingerprint density at radius 3 is 1.65 bits per heavy atom. The van der Waals surface area contributed by atoms with Crippen molar-refractivity contribution in [1.82, 2.24) is 28.1 Å². The van der Waals surface area contributed by atoms with E-state index in [1.807, 2.05) is 0 Å². The Morgan fingerprint density at radius 2 is 1.27 bits per heavy atom. The number of H-pyrrole nitrogens is 2. The first-order chi connectivity index (χ1) is 9.22. The fourth-order valence-corrected chi connectivity index (χ4v) is 1.05. The maximum absolute atomic E-state index is 10.6. The van der Waals surface area contributed by atoms with Gasteiger partial charge >= 0.3 is 126 Å². The van der Waals surface area contributed by atoms with Crippen LogP contribution in [0.15, 0.2) is 19.2 Å². The zero-order valence-electron chi connectivity index (χ0n) is 11.0. The SMILES string of the molecule is C.C.C.C.O=c1nc([O-])[nH]c(=O)[nH]1.O=c1nc([O-])n(Cl)c(=O)n1Cl.[K+].[K+]. The van der Waals surface area contributed by atoms with E-state index in [9.17, 15) is 29.4 Å². The molecular formula is C10H18Cl2K2N6O6. The second-order valence-electron chi connectivity index (χ2n) is 2.82. The third-order valence-corrected chi connectivity index (χ3v) is 2.09. The van der Waals surface area contributed by atoms with Crippen molar-refractivity contribution < 1.29 is 113 Å². The zero-order valence-corrected chi connectivity index (χ0v) is 18.8. The maximum Gasteiger partial charge on any atom is 1.00 e. The maximum atomic E-state index is 10.6. The van der Waals surface area contributed by atoms with Gasteiger partial charge in [-0.3, -0.25) is 4.98 Å². The van der Waals surface area contributed by atoms with Gasteiger partial charge < -0.3 is 15.2 Å². The van der Waals surface area contributed by atoms with Crippen LogP contribution in [0.5, 0.6) is 12.0 Å². The van der Waals surface area contributed by atoms with Gasteiger partial charge in [-0.25, -0.2) is 19.2 Å². The van der Waals surface area contributed by atoms with Crippen LogP contribution in [-0.2, 0) is 0 Å². The number of nitrogens with one attached hydrogen (secondary N) is 2. The van der Waals surface area contributed by atoms with Gasteiger partial charge in [-0.1, -0.05) is 29.7 Å². The summed E-state index contributed by atoms with van der Waals surface area (Å²) < 4.78 is 0.211. The molecule has 0 radical (unpaired) electrons. The molecule has 0 aromatic carbocycles. The van der Waals surface area contributed by atoms with E-state index in [-0.39, 0.29) is 141 Å². The summed E-state index contributed by atoms with van der Waals surface area (Å²) in [6.07, 6.45) is 0.